The minimum absolute atomic E-state index is 0.0173. The molecule has 2 aliphatic rings. The van der Waals surface area contributed by atoms with E-state index >= 15 is 0 Å². The minimum atomic E-state index is 0.0173. The van der Waals surface area contributed by atoms with Gasteiger partial charge in [0.1, 0.15) is 0 Å². The van der Waals surface area contributed by atoms with E-state index in [0.717, 1.165) is 45.3 Å². The fourth-order valence-electron chi connectivity index (χ4n) is 2.69. The number of rotatable bonds is 5. The van der Waals surface area contributed by atoms with Crippen molar-refractivity contribution < 1.29 is 4.79 Å². The maximum Gasteiger partial charge on any atom is 0.237 e. The zero-order valence-corrected chi connectivity index (χ0v) is 11.0. The van der Waals surface area contributed by atoms with Crippen LogP contribution in [0.3, 0.4) is 0 Å². The van der Waals surface area contributed by atoms with E-state index in [0.29, 0.717) is 12.1 Å². The largest absolute Gasteiger partial charge is 0.352 e. The molecule has 1 aliphatic heterocycles. The summed E-state index contributed by atoms with van der Waals surface area (Å²) in [6.07, 6.45) is 4.65. The Labute approximate surface area is 104 Å². The zero-order chi connectivity index (χ0) is 12.3. The van der Waals surface area contributed by atoms with Crippen LogP contribution >= 0.6 is 0 Å². The van der Waals surface area contributed by atoms with Crippen molar-refractivity contribution in [2.75, 3.05) is 19.6 Å². The Hall–Kier alpha value is -0.610. The maximum absolute atomic E-state index is 12.1. The van der Waals surface area contributed by atoms with Crippen LogP contribution in [0.25, 0.3) is 0 Å². The van der Waals surface area contributed by atoms with Crippen molar-refractivity contribution in [3.05, 3.63) is 0 Å². The Bertz CT molecular complexity index is 259. The van der Waals surface area contributed by atoms with Crippen LogP contribution in [0.15, 0.2) is 0 Å². The van der Waals surface area contributed by atoms with Crippen LogP contribution in [0, 0.1) is 0 Å². The molecule has 0 aromatic rings. The number of nitrogens with one attached hydrogen (secondary N) is 2. The van der Waals surface area contributed by atoms with Crippen molar-refractivity contribution in [1.82, 2.24) is 15.5 Å². The molecule has 1 atom stereocenters. The molecule has 0 aromatic carbocycles. The second-order valence-electron chi connectivity index (χ2n) is 5.27. The molecule has 1 unspecified atom stereocenters. The third-order valence-electron chi connectivity index (χ3n) is 3.94. The monoisotopic (exact) mass is 239 g/mol. The minimum Gasteiger partial charge on any atom is -0.352 e. The average molecular weight is 239 g/mol. The van der Waals surface area contributed by atoms with Crippen LogP contribution in [0.4, 0.5) is 0 Å². The molecule has 4 nitrogen and oxygen atoms in total. The first-order valence-corrected chi connectivity index (χ1v) is 6.99. The predicted molar refractivity (Wildman–Crippen MR) is 68.9 cm³/mol. The standard InChI is InChI=1S/C13H25N3O/c1-3-16(12-6-8-14-9-7-12)10(2)13(17)15-11-4-5-11/h10-12,14H,3-9H2,1-2H3,(H,15,17). The zero-order valence-electron chi connectivity index (χ0n) is 11.0. The summed E-state index contributed by atoms with van der Waals surface area (Å²) >= 11 is 0. The molecule has 98 valence electrons. The smallest absolute Gasteiger partial charge is 0.237 e. The number of piperidine rings is 1. The van der Waals surface area contributed by atoms with Gasteiger partial charge in [0.15, 0.2) is 0 Å². The highest BCUT2D eigenvalue weighted by Crippen LogP contribution is 2.20. The summed E-state index contributed by atoms with van der Waals surface area (Å²) in [5, 5.41) is 6.49. The molecule has 1 saturated heterocycles. The van der Waals surface area contributed by atoms with Crippen molar-refractivity contribution in [3.63, 3.8) is 0 Å². The van der Waals surface area contributed by atoms with Crippen LogP contribution in [0.5, 0.6) is 0 Å². The van der Waals surface area contributed by atoms with E-state index in [1.165, 1.54) is 0 Å². The van der Waals surface area contributed by atoms with Crippen LogP contribution in [-0.4, -0.2) is 48.6 Å². The second kappa shape index (κ2) is 5.83. The predicted octanol–water partition coefficient (Wildman–Crippen LogP) is 0.727. The molecule has 0 spiro atoms. The molecule has 2 rings (SSSR count). The van der Waals surface area contributed by atoms with Gasteiger partial charge in [-0.15, -0.1) is 0 Å². The van der Waals surface area contributed by atoms with Crippen molar-refractivity contribution in [2.45, 2.75) is 57.7 Å². The summed E-state index contributed by atoms with van der Waals surface area (Å²) in [6.45, 7) is 7.33. The molecule has 1 heterocycles. The molecule has 0 bridgehead atoms. The number of carbonyl (C=O) groups is 1. The molecule has 0 radical (unpaired) electrons. The number of hydrogen-bond acceptors (Lipinski definition) is 3. The number of amides is 1. The summed E-state index contributed by atoms with van der Waals surface area (Å²) < 4.78 is 0. The van der Waals surface area contributed by atoms with Gasteiger partial charge in [-0.1, -0.05) is 6.92 Å². The van der Waals surface area contributed by atoms with Crippen molar-refractivity contribution in [1.29, 1.82) is 0 Å². The lowest BCUT2D eigenvalue weighted by Crippen LogP contribution is -2.52. The Kier molecular flexibility index (Phi) is 4.40. The molecule has 17 heavy (non-hydrogen) atoms. The molecule has 1 saturated carbocycles. The molecular weight excluding hydrogens is 214 g/mol. The van der Waals surface area contributed by atoms with E-state index in [1.54, 1.807) is 0 Å². The highest BCUT2D eigenvalue weighted by Gasteiger charge is 2.31. The molecule has 2 fully saturated rings. The fraction of sp³-hybridized carbons (Fsp3) is 0.923. The molecule has 4 heteroatoms. The average Bonchev–Trinajstić information content (AvgIpc) is 3.15. The highest BCUT2D eigenvalue weighted by molar-refractivity contribution is 5.81. The van der Waals surface area contributed by atoms with E-state index in [2.05, 4.69) is 22.5 Å². The first-order chi connectivity index (χ1) is 8.22. The molecule has 1 aliphatic carbocycles. The number of nitrogens with zero attached hydrogens (tertiary/aromatic N) is 1. The summed E-state index contributed by atoms with van der Waals surface area (Å²) in [4.78, 5) is 14.4. The van der Waals surface area contributed by atoms with Gasteiger partial charge in [0.2, 0.25) is 5.91 Å². The van der Waals surface area contributed by atoms with Crippen LogP contribution < -0.4 is 10.6 Å². The summed E-state index contributed by atoms with van der Waals surface area (Å²) in [7, 11) is 0. The summed E-state index contributed by atoms with van der Waals surface area (Å²) in [5.74, 6) is 0.216. The molecule has 1 amide bonds. The van der Waals surface area contributed by atoms with Gasteiger partial charge in [0.05, 0.1) is 6.04 Å². The Morgan fingerprint density at radius 2 is 2.00 bits per heavy atom. The summed E-state index contributed by atoms with van der Waals surface area (Å²) in [6, 6.07) is 1.06. The normalized spacial score (nSPS) is 23.7. The topological polar surface area (TPSA) is 44.4 Å². The van der Waals surface area contributed by atoms with E-state index in [4.69, 9.17) is 0 Å². The summed E-state index contributed by atoms with van der Waals surface area (Å²) in [5.41, 5.74) is 0. The van der Waals surface area contributed by atoms with Crippen molar-refractivity contribution in [2.24, 2.45) is 0 Å². The third kappa shape index (κ3) is 3.42. The van der Waals surface area contributed by atoms with Crippen LogP contribution in [0.2, 0.25) is 0 Å². The second-order valence-corrected chi connectivity index (χ2v) is 5.27. The first-order valence-electron chi connectivity index (χ1n) is 6.99. The van der Waals surface area contributed by atoms with E-state index in [9.17, 15) is 4.79 Å². The van der Waals surface area contributed by atoms with Crippen molar-refractivity contribution in [3.8, 4) is 0 Å². The van der Waals surface area contributed by atoms with Crippen LogP contribution in [0.1, 0.15) is 39.5 Å². The highest BCUT2D eigenvalue weighted by atomic mass is 16.2. The van der Waals surface area contributed by atoms with Gasteiger partial charge in [-0.2, -0.15) is 0 Å². The fourth-order valence-corrected chi connectivity index (χ4v) is 2.69. The van der Waals surface area contributed by atoms with E-state index in [1.807, 2.05) is 6.92 Å². The van der Waals surface area contributed by atoms with Gasteiger partial charge < -0.3 is 10.6 Å². The van der Waals surface area contributed by atoms with Gasteiger partial charge in [-0.05, 0) is 52.2 Å². The Morgan fingerprint density at radius 3 is 2.53 bits per heavy atom. The number of likely N-dealkylation sites (N-methyl/N-ethyl adjacent to an activating group) is 1. The molecule has 0 aromatic heterocycles. The van der Waals surface area contributed by atoms with Gasteiger partial charge in [0.25, 0.3) is 0 Å². The molecular formula is C13H25N3O. The SMILES string of the molecule is CCN(C1CCNCC1)C(C)C(=O)NC1CC1. The van der Waals surface area contributed by atoms with Gasteiger partial charge in [-0.25, -0.2) is 0 Å². The van der Waals surface area contributed by atoms with Crippen molar-refractivity contribution >= 4 is 5.91 Å². The first kappa shape index (κ1) is 12.8. The van der Waals surface area contributed by atoms with Gasteiger partial charge >= 0.3 is 0 Å². The van der Waals surface area contributed by atoms with Gasteiger partial charge in [0, 0.05) is 12.1 Å². The lowest BCUT2D eigenvalue weighted by atomic mass is 10.0. The quantitative estimate of drug-likeness (QED) is 0.743. The maximum atomic E-state index is 12.1. The lowest BCUT2D eigenvalue weighted by molar-refractivity contribution is -0.127. The third-order valence-corrected chi connectivity index (χ3v) is 3.94. The van der Waals surface area contributed by atoms with E-state index < -0.39 is 0 Å². The van der Waals surface area contributed by atoms with Crippen LogP contribution in [-0.2, 0) is 4.79 Å². The number of carbonyl (C=O) groups excluding carboxylic acids is 1. The number of hydrogen-bond donors (Lipinski definition) is 2. The molecule has 2 N–H and O–H groups in total. The van der Waals surface area contributed by atoms with Gasteiger partial charge in [-0.3, -0.25) is 9.69 Å². The van der Waals surface area contributed by atoms with E-state index in [-0.39, 0.29) is 11.9 Å². The Morgan fingerprint density at radius 1 is 1.35 bits per heavy atom. The lowest BCUT2D eigenvalue weighted by Gasteiger charge is -2.37. The Balaban J connectivity index is 1.88.